The lowest BCUT2D eigenvalue weighted by atomic mass is 10.0. The van der Waals surface area contributed by atoms with Crippen LogP contribution in [0.5, 0.6) is 5.88 Å². The van der Waals surface area contributed by atoms with Crippen LogP contribution in [-0.4, -0.2) is 41.6 Å². The molecule has 2 aromatic heterocycles. The Labute approximate surface area is 200 Å². The molecule has 3 heterocycles. The van der Waals surface area contributed by atoms with Gasteiger partial charge < -0.3 is 20.3 Å². The van der Waals surface area contributed by atoms with Crippen LogP contribution in [-0.2, 0) is 11.4 Å². The lowest BCUT2D eigenvalue weighted by Crippen LogP contribution is -2.50. The van der Waals surface area contributed by atoms with E-state index in [2.05, 4.69) is 33.5 Å². The molecule has 5 rings (SSSR count). The molecular formula is C27H31N5O2. The van der Waals surface area contributed by atoms with Gasteiger partial charge in [-0.1, -0.05) is 30.3 Å². The van der Waals surface area contributed by atoms with E-state index in [1.54, 1.807) is 0 Å². The van der Waals surface area contributed by atoms with Crippen LogP contribution < -0.4 is 20.3 Å². The third-order valence-corrected chi connectivity index (χ3v) is 6.43. The zero-order valence-electron chi connectivity index (χ0n) is 19.8. The van der Waals surface area contributed by atoms with Gasteiger partial charge in [0.2, 0.25) is 11.8 Å². The first-order chi connectivity index (χ1) is 16.6. The summed E-state index contributed by atoms with van der Waals surface area (Å²) in [6.07, 6.45) is 3.74. The maximum atomic E-state index is 12.3. The number of nitrogens with one attached hydrogen (secondary N) is 2. The van der Waals surface area contributed by atoms with Crippen LogP contribution >= 0.6 is 0 Å². The van der Waals surface area contributed by atoms with Crippen molar-refractivity contribution >= 4 is 17.5 Å². The molecule has 1 aromatic carbocycles. The summed E-state index contributed by atoms with van der Waals surface area (Å²) in [4.78, 5) is 23.9. The molecule has 1 amide bonds. The van der Waals surface area contributed by atoms with Crippen LogP contribution in [0.1, 0.15) is 30.9 Å². The number of aromatic nitrogens is 2. The van der Waals surface area contributed by atoms with Crippen LogP contribution in [0.4, 0.5) is 11.6 Å². The smallest absolute Gasteiger partial charge is 0.228 e. The Morgan fingerprint density at radius 3 is 2.79 bits per heavy atom. The molecule has 2 fully saturated rings. The van der Waals surface area contributed by atoms with E-state index in [1.165, 1.54) is 0 Å². The van der Waals surface area contributed by atoms with Crippen LogP contribution in [0.15, 0.2) is 54.7 Å². The Hall–Kier alpha value is -3.45. The van der Waals surface area contributed by atoms with Gasteiger partial charge in [-0.3, -0.25) is 4.79 Å². The average Bonchev–Trinajstić information content (AvgIpc) is 3.70. The molecule has 0 spiro atoms. The third-order valence-electron chi connectivity index (χ3n) is 6.43. The van der Waals surface area contributed by atoms with Gasteiger partial charge >= 0.3 is 0 Å². The van der Waals surface area contributed by atoms with Crippen molar-refractivity contribution in [2.75, 3.05) is 29.9 Å². The molecule has 1 aliphatic heterocycles. The molecule has 1 atom stereocenters. The van der Waals surface area contributed by atoms with E-state index in [4.69, 9.17) is 9.72 Å². The van der Waals surface area contributed by atoms with Gasteiger partial charge in [0.25, 0.3) is 0 Å². The summed E-state index contributed by atoms with van der Waals surface area (Å²) in [5.74, 6) is 2.25. The fourth-order valence-electron chi connectivity index (χ4n) is 4.26. The zero-order chi connectivity index (χ0) is 23.5. The Bertz CT molecular complexity index is 1160. The first-order valence-corrected chi connectivity index (χ1v) is 12.0. The number of carbonyl (C=O) groups excluding carboxylic acids is 1. The summed E-state index contributed by atoms with van der Waals surface area (Å²) in [5, 5.41) is 6.41. The Balaban J connectivity index is 1.48. The zero-order valence-corrected chi connectivity index (χ0v) is 19.8. The number of aryl methyl sites for hydroxylation is 1. The number of hydrogen-bond donors (Lipinski definition) is 2. The Morgan fingerprint density at radius 1 is 1.21 bits per heavy atom. The molecule has 2 aliphatic rings. The number of benzene rings is 1. The SMILES string of the molecule is Cc1cnc(NC(=O)C2CC2)cc1-c1cc(OCc2ccccc2)nc(N2CCNCC2C)c1. The second kappa shape index (κ2) is 9.81. The summed E-state index contributed by atoms with van der Waals surface area (Å²) < 4.78 is 6.16. The van der Waals surface area contributed by atoms with E-state index >= 15 is 0 Å². The van der Waals surface area contributed by atoms with Gasteiger partial charge in [-0.15, -0.1) is 0 Å². The third kappa shape index (κ3) is 5.20. The summed E-state index contributed by atoms with van der Waals surface area (Å²) in [7, 11) is 0. The van der Waals surface area contributed by atoms with E-state index < -0.39 is 0 Å². The van der Waals surface area contributed by atoms with Crippen molar-refractivity contribution in [2.45, 2.75) is 39.3 Å². The standard InChI is InChI=1S/C27H31N5O2/c1-18-15-29-24(30-27(33)21-8-9-21)14-23(18)22-12-25(32-11-10-28-16-19(32)2)31-26(13-22)34-17-20-6-4-3-5-7-20/h3-7,12-15,19,21,28H,8-11,16-17H2,1-2H3,(H,29,30,33). The highest BCUT2D eigenvalue weighted by atomic mass is 16.5. The van der Waals surface area contributed by atoms with Crippen LogP contribution in [0.25, 0.3) is 11.1 Å². The molecule has 34 heavy (non-hydrogen) atoms. The molecule has 0 bridgehead atoms. The minimum atomic E-state index is 0.0549. The lowest BCUT2D eigenvalue weighted by molar-refractivity contribution is -0.117. The van der Waals surface area contributed by atoms with Gasteiger partial charge in [-0.25, -0.2) is 4.98 Å². The molecule has 1 aliphatic carbocycles. The van der Waals surface area contributed by atoms with Gasteiger partial charge in [0.15, 0.2) is 0 Å². The van der Waals surface area contributed by atoms with Crippen molar-refractivity contribution in [2.24, 2.45) is 5.92 Å². The minimum absolute atomic E-state index is 0.0549. The fraction of sp³-hybridized carbons (Fsp3) is 0.370. The van der Waals surface area contributed by atoms with Gasteiger partial charge in [-0.05, 0) is 61.1 Å². The summed E-state index contributed by atoms with van der Waals surface area (Å²) in [5.41, 5.74) is 4.14. The first kappa shape index (κ1) is 22.3. The quantitative estimate of drug-likeness (QED) is 0.554. The van der Waals surface area contributed by atoms with Gasteiger partial charge in [0, 0.05) is 43.9 Å². The number of piperazine rings is 1. The highest BCUT2D eigenvalue weighted by molar-refractivity contribution is 5.93. The maximum Gasteiger partial charge on any atom is 0.228 e. The van der Waals surface area contributed by atoms with E-state index in [0.717, 1.165) is 60.5 Å². The number of amides is 1. The van der Waals surface area contributed by atoms with E-state index in [1.807, 2.05) is 55.6 Å². The Kier molecular flexibility index (Phi) is 6.45. The van der Waals surface area contributed by atoms with Crippen molar-refractivity contribution in [3.63, 3.8) is 0 Å². The molecule has 7 nitrogen and oxygen atoms in total. The number of carbonyl (C=O) groups is 1. The van der Waals surface area contributed by atoms with Crippen LogP contribution in [0.2, 0.25) is 0 Å². The molecule has 0 radical (unpaired) electrons. The number of pyridine rings is 2. The molecule has 3 aromatic rings. The van der Waals surface area contributed by atoms with Crippen molar-refractivity contribution in [3.8, 4) is 17.0 Å². The van der Waals surface area contributed by atoms with Crippen LogP contribution in [0, 0.1) is 12.8 Å². The molecule has 1 saturated carbocycles. The highest BCUT2D eigenvalue weighted by Gasteiger charge is 2.30. The molecule has 2 N–H and O–H groups in total. The average molecular weight is 458 g/mol. The van der Waals surface area contributed by atoms with Gasteiger partial charge in [0.05, 0.1) is 0 Å². The van der Waals surface area contributed by atoms with Crippen molar-refractivity contribution in [1.82, 2.24) is 15.3 Å². The number of hydrogen-bond acceptors (Lipinski definition) is 6. The Morgan fingerprint density at radius 2 is 2.03 bits per heavy atom. The topological polar surface area (TPSA) is 79.4 Å². The monoisotopic (exact) mass is 457 g/mol. The molecule has 7 heteroatoms. The largest absolute Gasteiger partial charge is 0.473 e. The fourth-order valence-corrected chi connectivity index (χ4v) is 4.26. The molecular weight excluding hydrogens is 426 g/mol. The predicted molar refractivity (Wildman–Crippen MR) is 134 cm³/mol. The van der Waals surface area contributed by atoms with E-state index in [9.17, 15) is 4.79 Å². The number of anilines is 2. The van der Waals surface area contributed by atoms with Gasteiger partial charge in [0.1, 0.15) is 18.2 Å². The van der Waals surface area contributed by atoms with E-state index in [0.29, 0.717) is 24.3 Å². The molecule has 1 unspecified atom stereocenters. The second-order valence-corrected chi connectivity index (χ2v) is 9.22. The summed E-state index contributed by atoms with van der Waals surface area (Å²) >= 11 is 0. The lowest BCUT2D eigenvalue weighted by Gasteiger charge is -2.35. The number of nitrogens with zero attached hydrogens (tertiary/aromatic N) is 3. The second-order valence-electron chi connectivity index (χ2n) is 9.22. The number of rotatable bonds is 7. The summed E-state index contributed by atoms with van der Waals surface area (Å²) in [6, 6.07) is 16.5. The van der Waals surface area contributed by atoms with Gasteiger partial charge in [-0.2, -0.15) is 4.98 Å². The highest BCUT2D eigenvalue weighted by Crippen LogP contribution is 2.33. The van der Waals surface area contributed by atoms with Crippen LogP contribution in [0.3, 0.4) is 0 Å². The first-order valence-electron chi connectivity index (χ1n) is 12.0. The number of ether oxygens (including phenoxy) is 1. The minimum Gasteiger partial charge on any atom is -0.473 e. The molecule has 1 saturated heterocycles. The molecule has 176 valence electrons. The van der Waals surface area contributed by atoms with Crippen molar-refractivity contribution in [3.05, 3.63) is 65.9 Å². The maximum absolute atomic E-state index is 12.3. The van der Waals surface area contributed by atoms with Crippen molar-refractivity contribution < 1.29 is 9.53 Å². The predicted octanol–water partition coefficient (Wildman–Crippen LogP) is 4.18. The van der Waals surface area contributed by atoms with E-state index in [-0.39, 0.29) is 11.8 Å². The normalized spacial score (nSPS) is 17.9. The van der Waals surface area contributed by atoms with Crippen molar-refractivity contribution in [1.29, 1.82) is 0 Å². The summed E-state index contributed by atoms with van der Waals surface area (Å²) in [6.45, 7) is 7.40.